The van der Waals surface area contributed by atoms with Gasteiger partial charge in [0, 0.05) is 11.8 Å². The van der Waals surface area contributed by atoms with Crippen LogP contribution in [-0.2, 0) is 4.79 Å². The van der Waals surface area contributed by atoms with Gasteiger partial charge in [-0.3, -0.25) is 4.79 Å². The molecule has 4 aliphatic rings. The van der Waals surface area contributed by atoms with Crippen molar-refractivity contribution in [2.24, 2.45) is 34.5 Å². The summed E-state index contributed by atoms with van der Waals surface area (Å²) in [6.45, 7) is 4.09. The maximum absolute atomic E-state index is 11.9. The Balaban J connectivity index is 1.67. The lowest BCUT2D eigenvalue weighted by Crippen LogP contribution is -2.60. The first-order valence-corrected chi connectivity index (χ1v) is 9.99. The summed E-state index contributed by atoms with van der Waals surface area (Å²) in [6.07, 6.45) is 9.24. The first-order chi connectivity index (χ1) is 11.8. The third kappa shape index (κ3) is 2.20. The quantitative estimate of drug-likeness (QED) is 0.716. The number of hydrogen-bond donors (Lipinski definition) is 3. The number of rotatable bonds is 2. The van der Waals surface area contributed by atoms with Crippen molar-refractivity contribution in [3.05, 3.63) is 12.2 Å². The minimum Gasteiger partial charge on any atom is -0.394 e. The van der Waals surface area contributed by atoms with Gasteiger partial charge in [0.2, 0.25) is 0 Å². The van der Waals surface area contributed by atoms with Crippen molar-refractivity contribution in [1.82, 2.24) is 0 Å². The van der Waals surface area contributed by atoms with Crippen LogP contribution in [0.1, 0.15) is 58.8 Å². The molecule has 3 saturated carbocycles. The van der Waals surface area contributed by atoms with Gasteiger partial charge in [-0.25, -0.2) is 0 Å². The molecule has 0 aromatic heterocycles. The lowest BCUT2D eigenvalue weighted by atomic mass is 9.45. The molecule has 0 spiro atoms. The van der Waals surface area contributed by atoms with Crippen molar-refractivity contribution in [3.63, 3.8) is 0 Å². The topological polar surface area (TPSA) is 77.8 Å². The first kappa shape index (κ1) is 17.7. The van der Waals surface area contributed by atoms with Crippen LogP contribution >= 0.6 is 0 Å². The number of ketones is 1. The second kappa shape index (κ2) is 5.64. The Labute approximate surface area is 150 Å². The van der Waals surface area contributed by atoms with Crippen molar-refractivity contribution in [1.29, 1.82) is 0 Å². The molecule has 4 nitrogen and oxygen atoms in total. The van der Waals surface area contributed by atoms with E-state index in [-0.39, 0.29) is 23.2 Å². The van der Waals surface area contributed by atoms with Crippen molar-refractivity contribution in [3.8, 4) is 0 Å². The molecule has 1 unspecified atom stereocenters. The summed E-state index contributed by atoms with van der Waals surface area (Å²) in [7, 11) is 0. The van der Waals surface area contributed by atoms with E-state index in [4.69, 9.17) is 0 Å². The molecule has 0 aliphatic heterocycles. The van der Waals surface area contributed by atoms with Crippen LogP contribution in [-0.4, -0.2) is 39.4 Å². The number of fused-ring (bicyclic) bond motifs is 5. The van der Waals surface area contributed by atoms with E-state index < -0.39 is 11.7 Å². The predicted molar refractivity (Wildman–Crippen MR) is 94.7 cm³/mol. The van der Waals surface area contributed by atoms with E-state index in [0.29, 0.717) is 36.5 Å². The van der Waals surface area contributed by atoms with Crippen LogP contribution in [0.15, 0.2) is 12.2 Å². The van der Waals surface area contributed by atoms with E-state index in [1.54, 1.807) is 6.08 Å². The van der Waals surface area contributed by atoms with Crippen molar-refractivity contribution in [2.45, 2.75) is 70.5 Å². The summed E-state index contributed by atoms with van der Waals surface area (Å²) in [5.41, 5.74) is -1.41. The summed E-state index contributed by atoms with van der Waals surface area (Å²) in [4.78, 5) is 11.9. The highest BCUT2D eigenvalue weighted by Gasteiger charge is 2.65. The molecule has 0 amide bonds. The molecule has 8 atom stereocenters. The van der Waals surface area contributed by atoms with Gasteiger partial charge >= 0.3 is 0 Å². The summed E-state index contributed by atoms with van der Waals surface area (Å²) in [6, 6.07) is 0. The molecule has 0 aromatic rings. The highest BCUT2D eigenvalue weighted by molar-refractivity contribution is 5.91. The normalized spacial score (nSPS) is 53.1. The number of carbonyl (C=O) groups is 1. The SMILES string of the molecule is C[C@]12C=CC(=O)CC1CC[C@@H]1[C@@H]2CC[C@@]2(C)[C@H]1CC[C@]2(O)[C@H](O)CO. The van der Waals surface area contributed by atoms with Crippen LogP contribution in [0.5, 0.6) is 0 Å². The van der Waals surface area contributed by atoms with Gasteiger partial charge in [-0.1, -0.05) is 19.9 Å². The average Bonchev–Trinajstić information content (AvgIpc) is 2.87. The summed E-state index contributed by atoms with van der Waals surface area (Å²) < 4.78 is 0. The van der Waals surface area contributed by atoms with Gasteiger partial charge in [-0.2, -0.15) is 0 Å². The van der Waals surface area contributed by atoms with E-state index >= 15 is 0 Å². The third-order valence-corrected chi connectivity index (χ3v) is 8.98. The maximum atomic E-state index is 11.9. The fourth-order valence-corrected chi connectivity index (χ4v) is 7.38. The number of aliphatic hydroxyl groups is 3. The van der Waals surface area contributed by atoms with E-state index in [2.05, 4.69) is 19.9 Å². The molecule has 25 heavy (non-hydrogen) atoms. The molecule has 0 bridgehead atoms. The fourth-order valence-electron chi connectivity index (χ4n) is 7.38. The number of allylic oxidation sites excluding steroid dienone is 2. The maximum Gasteiger partial charge on any atom is 0.155 e. The lowest BCUT2D eigenvalue weighted by Gasteiger charge is -2.60. The fraction of sp³-hybridized carbons (Fsp3) is 0.857. The van der Waals surface area contributed by atoms with Crippen LogP contribution in [0.3, 0.4) is 0 Å². The van der Waals surface area contributed by atoms with E-state index in [1.165, 1.54) is 0 Å². The van der Waals surface area contributed by atoms with E-state index in [9.17, 15) is 20.1 Å². The summed E-state index contributed by atoms with van der Waals surface area (Å²) in [5.74, 6) is 2.21. The van der Waals surface area contributed by atoms with Crippen LogP contribution < -0.4 is 0 Å². The molecular formula is C21H32O4. The van der Waals surface area contributed by atoms with Crippen LogP contribution in [0.2, 0.25) is 0 Å². The lowest BCUT2D eigenvalue weighted by molar-refractivity contribution is -0.188. The number of carbonyl (C=O) groups excluding carboxylic acids is 1. The molecule has 4 aliphatic carbocycles. The molecule has 0 radical (unpaired) electrons. The molecular weight excluding hydrogens is 316 g/mol. The summed E-state index contributed by atoms with van der Waals surface area (Å²) >= 11 is 0. The van der Waals surface area contributed by atoms with Gasteiger partial charge in [0.25, 0.3) is 0 Å². The monoisotopic (exact) mass is 348 g/mol. The van der Waals surface area contributed by atoms with Crippen LogP contribution in [0, 0.1) is 34.5 Å². The minimum atomic E-state index is -1.17. The van der Waals surface area contributed by atoms with Crippen molar-refractivity contribution < 1.29 is 20.1 Å². The average molecular weight is 348 g/mol. The Morgan fingerprint density at radius 3 is 2.60 bits per heavy atom. The van der Waals surface area contributed by atoms with Gasteiger partial charge in [0.1, 0.15) is 6.10 Å². The molecule has 3 fully saturated rings. The molecule has 0 saturated heterocycles. The molecule has 4 rings (SSSR count). The Kier molecular flexibility index (Phi) is 3.99. The van der Waals surface area contributed by atoms with Gasteiger partial charge in [0.15, 0.2) is 5.78 Å². The van der Waals surface area contributed by atoms with Gasteiger partial charge in [0.05, 0.1) is 12.2 Å². The van der Waals surface area contributed by atoms with E-state index in [0.717, 1.165) is 32.1 Å². The zero-order valence-electron chi connectivity index (χ0n) is 15.4. The first-order valence-electron chi connectivity index (χ1n) is 9.99. The standard InChI is InChI=1S/C21H32O4/c1-19-8-5-14(23)11-13(19)3-4-15-16(19)6-9-20(2)17(15)7-10-21(20,25)18(24)12-22/h5,8,13,15-18,22,24-25H,3-4,6-7,9-12H2,1-2H3/t13?,15-,16+,17+,18-,19+,20+,21+/m1/s1. The predicted octanol–water partition coefficient (Wildman–Crippen LogP) is 2.46. The van der Waals surface area contributed by atoms with Gasteiger partial charge < -0.3 is 15.3 Å². The van der Waals surface area contributed by atoms with Crippen molar-refractivity contribution in [2.75, 3.05) is 6.61 Å². The van der Waals surface area contributed by atoms with Gasteiger partial charge in [-0.15, -0.1) is 0 Å². The molecule has 3 N–H and O–H groups in total. The smallest absolute Gasteiger partial charge is 0.155 e. The molecule has 0 aromatic carbocycles. The Morgan fingerprint density at radius 1 is 1.16 bits per heavy atom. The highest BCUT2D eigenvalue weighted by Crippen LogP contribution is 2.67. The third-order valence-electron chi connectivity index (χ3n) is 8.98. The zero-order chi connectivity index (χ0) is 18.0. The highest BCUT2D eigenvalue weighted by atomic mass is 16.4. The second-order valence-electron chi connectivity index (χ2n) is 9.64. The number of hydrogen-bond acceptors (Lipinski definition) is 4. The van der Waals surface area contributed by atoms with Crippen LogP contribution in [0.25, 0.3) is 0 Å². The van der Waals surface area contributed by atoms with Crippen LogP contribution in [0.4, 0.5) is 0 Å². The largest absolute Gasteiger partial charge is 0.394 e. The summed E-state index contributed by atoms with van der Waals surface area (Å²) in [5, 5.41) is 31.1. The number of aliphatic hydroxyl groups excluding tert-OH is 2. The molecule has 4 heteroatoms. The minimum absolute atomic E-state index is 0.0917. The molecule has 140 valence electrons. The Bertz CT molecular complexity index is 601. The van der Waals surface area contributed by atoms with Gasteiger partial charge in [-0.05, 0) is 73.7 Å². The Hall–Kier alpha value is -0.710. The Morgan fingerprint density at radius 2 is 1.88 bits per heavy atom. The van der Waals surface area contributed by atoms with E-state index in [1.807, 2.05) is 0 Å². The zero-order valence-corrected chi connectivity index (χ0v) is 15.4. The van der Waals surface area contributed by atoms with Crippen molar-refractivity contribution >= 4 is 5.78 Å². The second-order valence-corrected chi connectivity index (χ2v) is 9.64. The molecule has 0 heterocycles.